The normalized spacial score (nSPS) is 11.9. The highest BCUT2D eigenvalue weighted by molar-refractivity contribution is 5.86. The zero-order chi connectivity index (χ0) is 20.7. The van der Waals surface area contributed by atoms with Crippen LogP contribution in [-0.2, 0) is 9.53 Å². The Morgan fingerprint density at radius 3 is 2.32 bits per heavy atom. The molecular formula is C20H25N3O5. The number of hydrogen-bond acceptors (Lipinski definition) is 7. The lowest BCUT2D eigenvalue weighted by Crippen LogP contribution is -2.26. The van der Waals surface area contributed by atoms with Gasteiger partial charge in [0, 0.05) is 32.5 Å². The first-order chi connectivity index (χ1) is 13.4. The van der Waals surface area contributed by atoms with Gasteiger partial charge in [-0.2, -0.15) is 5.10 Å². The van der Waals surface area contributed by atoms with Gasteiger partial charge in [0.05, 0.1) is 20.4 Å². The molecule has 1 amide bonds. The zero-order valence-corrected chi connectivity index (χ0v) is 16.6. The average Bonchev–Trinajstić information content (AvgIpc) is 2.69. The Kier molecular flexibility index (Phi) is 7.22. The lowest BCUT2D eigenvalue weighted by atomic mass is 10.1. The van der Waals surface area contributed by atoms with Crippen molar-refractivity contribution in [2.45, 2.75) is 6.10 Å². The predicted octanol–water partition coefficient (Wildman–Crippen LogP) is 2.31. The minimum atomic E-state index is -0.805. The second-order valence-corrected chi connectivity index (χ2v) is 6.11. The minimum Gasteiger partial charge on any atom is -0.502 e. The smallest absolute Gasteiger partial charge is 0.273 e. The number of nitrogens with one attached hydrogen (secondary N) is 1. The summed E-state index contributed by atoms with van der Waals surface area (Å²) in [6, 6.07) is 10.6. The van der Waals surface area contributed by atoms with Crippen LogP contribution in [0.3, 0.4) is 0 Å². The summed E-state index contributed by atoms with van der Waals surface area (Å²) in [5, 5.41) is 13.9. The number of nitrogens with zero attached hydrogens (tertiary/aromatic N) is 2. The molecule has 0 aliphatic rings. The third-order valence-electron chi connectivity index (χ3n) is 4.05. The maximum Gasteiger partial charge on any atom is 0.273 e. The van der Waals surface area contributed by atoms with E-state index in [1.54, 1.807) is 12.1 Å². The second kappa shape index (κ2) is 9.61. The third-order valence-corrected chi connectivity index (χ3v) is 4.05. The molecule has 2 rings (SSSR count). The van der Waals surface area contributed by atoms with Crippen LogP contribution < -0.4 is 19.8 Å². The van der Waals surface area contributed by atoms with Crippen LogP contribution in [0.25, 0.3) is 0 Å². The maximum atomic E-state index is 12.5. The highest BCUT2D eigenvalue weighted by Crippen LogP contribution is 2.36. The second-order valence-electron chi connectivity index (χ2n) is 6.11. The van der Waals surface area contributed by atoms with E-state index < -0.39 is 12.0 Å². The van der Waals surface area contributed by atoms with Gasteiger partial charge in [0.25, 0.3) is 5.91 Å². The molecule has 8 heteroatoms. The maximum absolute atomic E-state index is 12.5. The summed E-state index contributed by atoms with van der Waals surface area (Å²) < 4.78 is 15.5. The number of aromatic hydroxyl groups is 1. The van der Waals surface area contributed by atoms with Gasteiger partial charge < -0.3 is 24.2 Å². The molecule has 0 radical (unpaired) electrons. The van der Waals surface area contributed by atoms with Crippen molar-refractivity contribution in [2.24, 2.45) is 5.10 Å². The predicted molar refractivity (Wildman–Crippen MR) is 107 cm³/mol. The number of carbonyl (C=O) groups excluding carboxylic acids is 1. The molecule has 2 N–H and O–H groups in total. The van der Waals surface area contributed by atoms with Crippen molar-refractivity contribution in [3.8, 4) is 17.2 Å². The molecule has 0 fully saturated rings. The number of carbonyl (C=O) groups is 1. The lowest BCUT2D eigenvalue weighted by molar-refractivity contribution is -0.131. The van der Waals surface area contributed by atoms with Gasteiger partial charge in [-0.05, 0) is 29.8 Å². The molecule has 0 bridgehead atoms. The van der Waals surface area contributed by atoms with E-state index >= 15 is 0 Å². The van der Waals surface area contributed by atoms with Crippen molar-refractivity contribution in [2.75, 3.05) is 40.3 Å². The molecule has 8 nitrogen and oxygen atoms in total. The standard InChI is InChI=1S/C20H25N3O5/c1-23(2)15-8-6-7-14(11-15)19(28-5)20(25)22-21-12-13-9-16(26-3)18(24)17(10-13)27-4/h6-12,19,24H,1-5H3,(H,22,25). The lowest BCUT2D eigenvalue weighted by Gasteiger charge is -2.17. The van der Waals surface area contributed by atoms with E-state index in [0.717, 1.165) is 11.3 Å². The molecule has 0 spiro atoms. The Labute approximate surface area is 164 Å². The van der Waals surface area contributed by atoms with Crippen LogP contribution in [0.15, 0.2) is 41.5 Å². The molecule has 0 saturated heterocycles. The molecule has 2 aromatic carbocycles. The van der Waals surface area contributed by atoms with Crippen molar-refractivity contribution in [1.82, 2.24) is 5.43 Å². The van der Waals surface area contributed by atoms with E-state index in [4.69, 9.17) is 14.2 Å². The fourth-order valence-electron chi connectivity index (χ4n) is 2.58. The number of anilines is 1. The van der Waals surface area contributed by atoms with Crippen molar-refractivity contribution in [3.05, 3.63) is 47.5 Å². The largest absolute Gasteiger partial charge is 0.502 e. The molecule has 0 saturated carbocycles. The Morgan fingerprint density at radius 1 is 1.14 bits per heavy atom. The average molecular weight is 387 g/mol. The molecule has 0 aliphatic heterocycles. The Bertz CT molecular complexity index is 826. The van der Waals surface area contributed by atoms with Gasteiger partial charge in [0.2, 0.25) is 5.75 Å². The van der Waals surface area contributed by atoms with E-state index in [0.29, 0.717) is 5.56 Å². The summed E-state index contributed by atoms with van der Waals surface area (Å²) >= 11 is 0. The van der Waals surface area contributed by atoms with Crippen LogP contribution in [0.4, 0.5) is 5.69 Å². The Balaban J connectivity index is 2.15. The van der Waals surface area contributed by atoms with Crippen LogP contribution in [-0.4, -0.2) is 52.7 Å². The minimum absolute atomic E-state index is 0.105. The number of rotatable bonds is 8. The van der Waals surface area contributed by atoms with Gasteiger partial charge in [-0.1, -0.05) is 12.1 Å². The summed E-state index contributed by atoms with van der Waals surface area (Å²) in [6.07, 6.45) is 0.617. The van der Waals surface area contributed by atoms with E-state index in [1.165, 1.54) is 27.5 Å². The van der Waals surface area contributed by atoms with Gasteiger partial charge in [-0.25, -0.2) is 5.43 Å². The van der Waals surface area contributed by atoms with Crippen LogP contribution in [0.1, 0.15) is 17.2 Å². The van der Waals surface area contributed by atoms with Gasteiger partial charge in [-0.15, -0.1) is 0 Å². The molecular weight excluding hydrogens is 362 g/mol. The Morgan fingerprint density at radius 2 is 1.79 bits per heavy atom. The summed E-state index contributed by atoms with van der Waals surface area (Å²) in [5.74, 6) is -0.0384. The van der Waals surface area contributed by atoms with E-state index in [-0.39, 0.29) is 17.2 Å². The monoisotopic (exact) mass is 387 g/mol. The quantitative estimate of drug-likeness (QED) is 0.533. The number of phenols is 1. The first-order valence-electron chi connectivity index (χ1n) is 8.49. The van der Waals surface area contributed by atoms with E-state index in [1.807, 2.05) is 43.3 Å². The highest BCUT2D eigenvalue weighted by atomic mass is 16.5. The molecule has 2 aromatic rings. The molecule has 28 heavy (non-hydrogen) atoms. The number of ether oxygens (including phenoxy) is 3. The first kappa shape index (κ1) is 21.0. The van der Waals surface area contributed by atoms with E-state index in [9.17, 15) is 9.90 Å². The van der Waals surface area contributed by atoms with Crippen LogP contribution in [0, 0.1) is 0 Å². The Hall–Kier alpha value is -3.26. The topological polar surface area (TPSA) is 92.6 Å². The van der Waals surface area contributed by atoms with Crippen LogP contribution in [0.5, 0.6) is 17.2 Å². The molecule has 0 aromatic heterocycles. The van der Waals surface area contributed by atoms with Gasteiger partial charge in [-0.3, -0.25) is 4.79 Å². The fraction of sp³-hybridized carbons (Fsp3) is 0.300. The summed E-state index contributed by atoms with van der Waals surface area (Å²) in [5.41, 5.74) is 4.72. The molecule has 0 heterocycles. The summed E-state index contributed by atoms with van der Waals surface area (Å²) in [7, 11) is 8.17. The molecule has 150 valence electrons. The van der Waals surface area contributed by atoms with Gasteiger partial charge in [0.15, 0.2) is 17.6 Å². The molecule has 0 aliphatic carbocycles. The van der Waals surface area contributed by atoms with Gasteiger partial charge >= 0.3 is 0 Å². The highest BCUT2D eigenvalue weighted by Gasteiger charge is 2.20. The number of hydrogen-bond donors (Lipinski definition) is 2. The third kappa shape index (κ3) is 4.92. The number of amides is 1. The SMILES string of the molecule is COc1cc(C=NNC(=O)C(OC)c2cccc(N(C)C)c2)cc(OC)c1O. The first-order valence-corrected chi connectivity index (χ1v) is 8.49. The number of benzene rings is 2. The van der Waals surface area contributed by atoms with Crippen molar-refractivity contribution in [3.63, 3.8) is 0 Å². The fourth-order valence-corrected chi connectivity index (χ4v) is 2.58. The van der Waals surface area contributed by atoms with Crippen molar-refractivity contribution in [1.29, 1.82) is 0 Å². The summed E-state index contributed by atoms with van der Waals surface area (Å²) in [6.45, 7) is 0. The summed E-state index contributed by atoms with van der Waals surface area (Å²) in [4.78, 5) is 14.4. The van der Waals surface area contributed by atoms with Crippen LogP contribution >= 0.6 is 0 Å². The van der Waals surface area contributed by atoms with Crippen molar-refractivity contribution >= 4 is 17.8 Å². The zero-order valence-electron chi connectivity index (χ0n) is 16.6. The number of phenolic OH excluding ortho intramolecular Hbond substituents is 1. The number of methoxy groups -OCH3 is 3. The van der Waals surface area contributed by atoms with E-state index in [2.05, 4.69) is 10.5 Å². The molecule has 1 unspecified atom stereocenters. The van der Waals surface area contributed by atoms with Crippen LogP contribution in [0.2, 0.25) is 0 Å². The molecule has 1 atom stereocenters. The number of hydrazone groups is 1. The van der Waals surface area contributed by atoms with Crippen molar-refractivity contribution < 1.29 is 24.1 Å². The van der Waals surface area contributed by atoms with Gasteiger partial charge in [0.1, 0.15) is 0 Å².